The van der Waals surface area contributed by atoms with E-state index in [9.17, 15) is 0 Å². The molecule has 6 nitrogen and oxygen atoms in total. The molecule has 1 aliphatic rings. The maximum atomic E-state index is 6.16. The number of ether oxygens (including phenoxy) is 1. The van der Waals surface area contributed by atoms with Crippen LogP contribution in [0.4, 0.5) is 5.69 Å². The lowest BCUT2D eigenvalue weighted by molar-refractivity contribution is 0.266. The first-order valence-corrected chi connectivity index (χ1v) is 11.0. The molecule has 0 radical (unpaired) electrons. The Kier molecular flexibility index (Phi) is 5.60. The molecule has 3 heterocycles. The Morgan fingerprint density at radius 1 is 1.03 bits per heavy atom. The van der Waals surface area contributed by atoms with Crippen molar-refractivity contribution in [2.75, 3.05) is 5.32 Å². The molecule has 154 valence electrons. The lowest BCUT2D eigenvalue weighted by Gasteiger charge is -2.15. The molecule has 4 aromatic rings. The zero-order valence-corrected chi connectivity index (χ0v) is 17.8. The zero-order valence-electron chi connectivity index (χ0n) is 16.2. The number of furan rings is 1. The molecular weight excluding hydrogens is 432 g/mol. The highest BCUT2D eigenvalue weighted by Crippen LogP contribution is 2.36. The number of anilines is 1. The van der Waals surface area contributed by atoms with Crippen molar-refractivity contribution in [1.29, 1.82) is 0 Å². The van der Waals surface area contributed by atoms with Crippen molar-refractivity contribution in [2.24, 2.45) is 0 Å². The summed E-state index contributed by atoms with van der Waals surface area (Å²) < 4.78 is 11.5. The summed E-state index contributed by atoms with van der Waals surface area (Å²) >= 11 is 7.45. The van der Waals surface area contributed by atoms with Crippen molar-refractivity contribution in [2.45, 2.75) is 17.1 Å². The van der Waals surface area contributed by atoms with Gasteiger partial charge in [0.25, 0.3) is 0 Å². The van der Waals surface area contributed by atoms with Gasteiger partial charge in [-0.3, -0.25) is 0 Å². The van der Waals surface area contributed by atoms with E-state index in [1.165, 1.54) is 11.8 Å². The van der Waals surface area contributed by atoms with Crippen LogP contribution in [0.1, 0.15) is 11.3 Å². The largest absolute Gasteiger partial charge is 0.465 e. The third-order valence-electron chi connectivity index (χ3n) is 4.61. The Morgan fingerprint density at radius 2 is 1.90 bits per heavy atom. The van der Waals surface area contributed by atoms with E-state index in [2.05, 4.69) is 20.5 Å². The van der Waals surface area contributed by atoms with Gasteiger partial charge in [-0.05, 0) is 48.0 Å². The second kappa shape index (κ2) is 8.83. The van der Waals surface area contributed by atoms with E-state index >= 15 is 0 Å². The average Bonchev–Trinajstić information content (AvgIpc) is 3.26. The van der Waals surface area contributed by atoms with Gasteiger partial charge < -0.3 is 14.5 Å². The topological polar surface area (TPSA) is 73.1 Å². The monoisotopic (exact) mass is 448 g/mol. The highest BCUT2D eigenvalue weighted by atomic mass is 35.5. The van der Waals surface area contributed by atoms with Crippen molar-refractivity contribution in [3.63, 3.8) is 0 Å². The van der Waals surface area contributed by atoms with Crippen LogP contribution in [0.2, 0.25) is 5.02 Å². The second-order valence-electron chi connectivity index (χ2n) is 6.77. The van der Waals surface area contributed by atoms with Crippen molar-refractivity contribution < 1.29 is 9.15 Å². The van der Waals surface area contributed by atoms with Crippen LogP contribution in [0, 0.1) is 0 Å². The molecule has 0 spiro atoms. The van der Waals surface area contributed by atoms with Crippen LogP contribution in [0.5, 0.6) is 5.88 Å². The fourth-order valence-electron chi connectivity index (χ4n) is 3.11. The van der Waals surface area contributed by atoms with E-state index in [4.69, 9.17) is 20.8 Å². The van der Waals surface area contributed by atoms with Crippen molar-refractivity contribution in [1.82, 2.24) is 15.2 Å². The van der Waals surface area contributed by atoms with E-state index in [1.54, 1.807) is 6.26 Å². The summed E-state index contributed by atoms with van der Waals surface area (Å²) in [6.45, 7) is 0. The number of benzene rings is 2. The lowest BCUT2D eigenvalue weighted by atomic mass is 10.1. The van der Waals surface area contributed by atoms with Gasteiger partial charge in [0, 0.05) is 22.0 Å². The Morgan fingerprint density at radius 3 is 2.74 bits per heavy atom. The van der Waals surface area contributed by atoms with Gasteiger partial charge in [0.2, 0.25) is 11.0 Å². The number of hydrogen-bond donors (Lipinski definition) is 1. The third kappa shape index (κ3) is 4.57. The summed E-state index contributed by atoms with van der Waals surface area (Å²) in [4.78, 5) is 4.64. The standard InChI is InChI=1S/C23H17ClN4O2S/c24-16-9-7-15(8-10-16)14-31-23-26-22-21(27-28-23)18-5-1-2-6-19(18)25-20(30-22)12-11-17-4-3-13-29-17/h1-13,20,25H,14H2/b12-11+. The second-order valence-corrected chi connectivity index (χ2v) is 8.15. The van der Waals surface area contributed by atoms with E-state index in [0.717, 1.165) is 22.6 Å². The van der Waals surface area contributed by atoms with Gasteiger partial charge in [-0.2, -0.15) is 4.98 Å². The Hall–Kier alpha value is -3.29. The normalized spacial score (nSPS) is 14.9. The first kappa shape index (κ1) is 19.7. The molecule has 1 N–H and O–H groups in total. The van der Waals surface area contributed by atoms with Gasteiger partial charge in [0.15, 0.2) is 11.9 Å². The van der Waals surface area contributed by atoms with Crippen LogP contribution < -0.4 is 10.1 Å². The summed E-state index contributed by atoms with van der Waals surface area (Å²) in [6, 6.07) is 19.3. The molecule has 2 aromatic carbocycles. The molecule has 1 atom stereocenters. The van der Waals surface area contributed by atoms with Crippen LogP contribution >= 0.6 is 23.4 Å². The maximum absolute atomic E-state index is 6.16. The molecule has 8 heteroatoms. The van der Waals surface area contributed by atoms with Gasteiger partial charge in [0.05, 0.1) is 6.26 Å². The molecule has 5 rings (SSSR count). The van der Waals surface area contributed by atoms with Crippen LogP contribution in [-0.4, -0.2) is 21.4 Å². The first-order chi connectivity index (χ1) is 15.2. The number of hydrogen-bond acceptors (Lipinski definition) is 7. The van der Waals surface area contributed by atoms with Crippen molar-refractivity contribution >= 4 is 35.1 Å². The van der Waals surface area contributed by atoms with E-state index in [0.29, 0.717) is 27.5 Å². The number of thioether (sulfide) groups is 1. The summed E-state index contributed by atoms with van der Waals surface area (Å²) in [5.41, 5.74) is 3.52. The Bertz CT molecular complexity index is 1210. The first-order valence-electron chi connectivity index (χ1n) is 9.61. The molecule has 1 unspecified atom stereocenters. The smallest absolute Gasteiger partial charge is 0.247 e. The number of nitrogens with one attached hydrogen (secondary N) is 1. The van der Waals surface area contributed by atoms with Gasteiger partial charge >= 0.3 is 0 Å². The number of rotatable bonds is 5. The molecule has 0 fully saturated rings. The predicted molar refractivity (Wildman–Crippen MR) is 122 cm³/mol. The quantitative estimate of drug-likeness (QED) is 0.380. The lowest BCUT2D eigenvalue weighted by Crippen LogP contribution is -2.23. The minimum Gasteiger partial charge on any atom is -0.465 e. The van der Waals surface area contributed by atoms with E-state index < -0.39 is 6.23 Å². The number of aromatic nitrogens is 3. The Balaban J connectivity index is 1.43. The molecule has 2 aromatic heterocycles. The van der Waals surface area contributed by atoms with Crippen LogP contribution in [0.25, 0.3) is 17.3 Å². The number of nitrogens with zero attached hydrogens (tertiary/aromatic N) is 3. The summed E-state index contributed by atoms with van der Waals surface area (Å²) in [5, 5.41) is 13.4. The minimum atomic E-state index is -0.446. The molecule has 0 aliphatic carbocycles. The van der Waals surface area contributed by atoms with Crippen molar-refractivity contribution in [3.05, 3.63) is 89.3 Å². The number of para-hydroxylation sites is 1. The van der Waals surface area contributed by atoms with E-state index in [1.807, 2.05) is 72.8 Å². The average molecular weight is 449 g/mol. The Labute approximate surface area is 188 Å². The SMILES string of the molecule is Clc1ccc(CSc2nnc3c(n2)OC(/C=C/c2ccco2)Nc2ccccc2-3)cc1. The highest BCUT2D eigenvalue weighted by molar-refractivity contribution is 7.98. The summed E-state index contributed by atoms with van der Waals surface area (Å²) in [7, 11) is 0. The van der Waals surface area contributed by atoms with Crippen LogP contribution in [-0.2, 0) is 5.75 Å². The molecule has 0 bridgehead atoms. The number of fused-ring (bicyclic) bond motifs is 3. The summed E-state index contributed by atoms with van der Waals surface area (Å²) in [5.74, 6) is 1.87. The van der Waals surface area contributed by atoms with Gasteiger partial charge in [0.1, 0.15) is 5.76 Å². The highest BCUT2D eigenvalue weighted by Gasteiger charge is 2.23. The van der Waals surface area contributed by atoms with E-state index in [-0.39, 0.29) is 0 Å². The van der Waals surface area contributed by atoms with Gasteiger partial charge in [-0.15, -0.1) is 10.2 Å². The summed E-state index contributed by atoms with van der Waals surface area (Å²) in [6.07, 6.45) is 4.93. The minimum absolute atomic E-state index is 0.431. The fourth-order valence-corrected chi connectivity index (χ4v) is 3.97. The number of halogens is 1. The van der Waals surface area contributed by atoms with Gasteiger partial charge in [-0.25, -0.2) is 0 Å². The van der Waals surface area contributed by atoms with Crippen LogP contribution in [0.15, 0.2) is 82.6 Å². The molecule has 0 amide bonds. The third-order valence-corrected chi connectivity index (χ3v) is 5.77. The van der Waals surface area contributed by atoms with Crippen molar-refractivity contribution in [3.8, 4) is 17.1 Å². The molecule has 1 aliphatic heterocycles. The maximum Gasteiger partial charge on any atom is 0.247 e. The molecule has 0 saturated carbocycles. The van der Waals surface area contributed by atoms with Crippen LogP contribution in [0.3, 0.4) is 0 Å². The van der Waals surface area contributed by atoms with Gasteiger partial charge in [-0.1, -0.05) is 53.7 Å². The fraction of sp³-hybridized carbons (Fsp3) is 0.0870. The molecule has 0 saturated heterocycles. The molecule has 31 heavy (non-hydrogen) atoms. The predicted octanol–water partition coefficient (Wildman–Crippen LogP) is 5.92. The zero-order chi connectivity index (χ0) is 21.0. The molecular formula is C23H17ClN4O2S.